The molecule has 0 saturated heterocycles. The minimum absolute atomic E-state index is 0.00802. The van der Waals surface area contributed by atoms with Crippen molar-refractivity contribution in [2.45, 2.75) is 70.6 Å². The Morgan fingerprint density at radius 2 is 1.79 bits per heavy atom. The summed E-state index contributed by atoms with van der Waals surface area (Å²) in [7, 11) is 0. The second kappa shape index (κ2) is 11.9. The molecule has 0 radical (unpaired) electrons. The predicted molar refractivity (Wildman–Crippen MR) is 134 cm³/mol. The van der Waals surface area contributed by atoms with Crippen LogP contribution in [0.4, 0.5) is 0 Å². The Hall–Kier alpha value is -3.05. The van der Waals surface area contributed by atoms with Crippen LogP contribution in [-0.2, 0) is 0 Å². The Morgan fingerprint density at radius 3 is 2.50 bits per heavy atom. The van der Waals surface area contributed by atoms with E-state index in [-0.39, 0.29) is 11.9 Å². The highest BCUT2D eigenvalue weighted by atomic mass is 16.5. The molecule has 5 heteroatoms. The van der Waals surface area contributed by atoms with Gasteiger partial charge in [-0.1, -0.05) is 69.4 Å². The number of amides is 1. The van der Waals surface area contributed by atoms with Crippen molar-refractivity contribution in [2.75, 3.05) is 6.61 Å². The quantitative estimate of drug-likeness (QED) is 0.247. The molecule has 1 amide bonds. The van der Waals surface area contributed by atoms with Crippen LogP contribution >= 0.6 is 0 Å². The molecule has 1 aliphatic rings. The predicted octanol–water partition coefficient (Wildman–Crippen LogP) is 6.98. The number of furan rings is 1. The van der Waals surface area contributed by atoms with Crippen molar-refractivity contribution < 1.29 is 19.1 Å². The Kier molecular flexibility index (Phi) is 8.42. The standard InChI is InChI=1S/C29H35NO4/c1-2-3-4-9-19-34-27-13-8-7-12-26(27)29(32)30(25-10-5-6-11-25)28(31)23-16-14-22(15-17-23)24-18-20-33-21-24/h7-8,12-18,20-21,25,29,32H,2-6,9-11,19H2,1H3. The van der Waals surface area contributed by atoms with Crippen molar-refractivity contribution >= 4 is 5.91 Å². The van der Waals surface area contributed by atoms with Gasteiger partial charge in [-0.2, -0.15) is 0 Å². The van der Waals surface area contributed by atoms with Crippen molar-refractivity contribution in [3.05, 3.63) is 78.3 Å². The number of rotatable bonds is 11. The van der Waals surface area contributed by atoms with Gasteiger partial charge in [-0.15, -0.1) is 0 Å². The molecule has 5 nitrogen and oxygen atoms in total. The Bertz CT molecular complexity index is 1020. The van der Waals surface area contributed by atoms with Gasteiger partial charge in [0.15, 0.2) is 6.23 Å². The zero-order chi connectivity index (χ0) is 23.8. The van der Waals surface area contributed by atoms with E-state index in [9.17, 15) is 9.90 Å². The number of carbonyl (C=O) groups excluding carboxylic acids is 1. The van der Waals surface area contributed by atoms with E-state index in [0.717, 1.165) is 49.7 Å². The molecule has 1 saturated carbocycles. The summed E-state index contributed by atoms with van der Waals surface area (Å²) < 4.78 is 11.2. The highest BCUT2D eigenvalue weighted by molar-refractivity contribution is 5.95. The molecule has 1 atom stereocenters. The zero-order valence-corrected chi connectivity index (χ0v) is 20.0. The normalized spacial score (nSPS) is 14.8. The van der Waals surface area contributed by atoms with E-state index in [1.165, 1.54) is 12.8 Å². The van der Waals surface area contributed by atoms with Crippen molar-refractivity contribution in [2.24, 2.45) is 0 Å². The van der Waals surface area contributed by atoms with Crippen LogP contribution in [0.25, 0.3) is 11.1 Å². The van der Waals surface area contributed by atoms with E-state index in [1.807, 2.05) is 54.6 Å². The number of para-hydroxylation sites is 1. The van der Waals surface area contributed by atoms with Gasteiger partial charge >= 0.3 is 0 Å². The van der Waals surface area contributed by atoms with Gasteiger partial charge in [0.1, 0.15) is 5.75 Å². The van der Waals surface area contributed by atoms with Gasteiger partial charge in [-0.3, -0.25) is 4.79 Å². The third-order valence-electron chi connectivity index (χ3n) is 6.66. The third-order valence-corrected chi connectivity index (χ3v) is 6.66. The van der Waals surface area contributed by atoms with E-state index in [1.54, 1.807) is 17.4 Å². The van der Waals surface area contributed by atoms with Crippen molar-refractivity contribution in [1.82, 2.24) is 4.90 Å². The van der Waals surface area contributed by atoms with Crippen LogP contribution in [0.15, 0.2) is 71.5 Å². The van der Waals surface area contributed by atoms with Crippen LogP contribution in [0.5, 0.6) is 5.75 Å². The largest absolute Gasteiger partial charge is 0.493 e. The molecule has 0 spiro atoms. The summed E-state index contributed by atoms with van der Waals surface area (Å²) in [5.74, 6) is 0.494. The van der Waals surface area contributed by atoms with Gasteiger partial charge in [0, 0.05) is 22.7 Å². The van der Waals surface area contributed by atoms with Gasteiger partial charge in [-0.25, -0.2) is 0 Å². The van der Waals surface area contributed by atoms with Crippen LogP contribution in [0.3, 0.4) is 0 Å². The summed E-state index contributed by atoms with van der Waals surface area (Å²) in [5, 5.41) is 11.5. The van der Waals surface area contributed by atoms with Crippen molar-refractivity contribution in [1.29, 1.82) is 0 Å². The minimum atomic E-state index is -1.06. The molecule has 1 aliphatic carbocycles. The van der Waals surface area contributed by atoms with Crippen LogP contribution < -0.4 is 4.74 Å². The molecule has 1 aromatic heterocycles. The van der Waals surface area contributed by atoms with E-state index in [2.05, 4.69) is 6.92 Å². The Balaban J connectivity index is 1.55. The molecule has 0 bridgehead atoms. The van der Waals surface area contributed by atoms with Crippen molar-refractivity contribution in [3.63, 3.8) is 0 Å². The summed E-state index contributed by atoms with van der Waals surface area (Å²) in [5.41, 5.74) is 3.17. The lowest BCUT2D eigenvalue weighted by molar-refractivity contribution is -0.0144. The molecule has 1 unspecified atom stereocenters. The average Bonchev–Trinajstić information content (AvgIpc) is 3.59. The van der Waals surface area contributed by atoms with Crippen LogP contribution in [0.2, 0.25) is 0 Å². The number of aliphatic hydroxyl groups is 1. The van der Waals surface area contributed by atoms with Crippen LogP contribution in [0.1, 0.15) is 80.4 Å². The van der Waals surface area contributed by atoms with Gasteiger partial charge in [0.2, 0.25) is 0 Å². The zero-order valence-electron chi connectivity index (χ0n) is 20.0. The molecule has 180 valence electrons. The maximum atomic E-state index is 13.7. The molecule has 1 N–H and O–H groups in total. The summed E-state index contributed by atoms with van der Waals surface area (Å²) in [4.78, 5) is 15.4. The number of nitrogens with zero attached hydrogens (tertiary/aromatic N) is 1. The topological polar surface area (TPSA) is 62.9 Å². The first-order valence-electron chi connectivity index (χ1n) is 12.5. The summed E-state index contributed by atoms with van der Waals surface area (Å²) in [6, 6.07) is 16.9. The fourth-order valence-electron chi connectivity index (χ4n) is 4.73. The van der Waals surface area contributed by atoms with Gasteiger partial charge in [-0.05, 0) is 49.1 Å². The summed E-state index contributed by atoms with van der Waals surface area (Å²) >= 11 is 0. The van der Waals surface area contributed by atoms with E-state index in [0.29, 0.717) is 23.5 Å². The number of unbranched alkanes of at least 4 members (excludes halogenated alkanes) is 3. The lowest BCUT2D eigenvalue weighted by Crippen LogP contribution is -2.42. The minimum Gasteiger partial charge on any atom is -0.493 e. The maximum Gasteiger partial charge on any atom is 0.256 e. The SMILES string of the molecule is CCCCCCOc1ccccc1C(O)N(C(=O)c1ccc(-c2ccoc2)cc1)C1CCCC1. The van der Waals surface area contributed by atoms with E-state index >= 15 is 0 Å². The van der Waals surface area contributed by atoms with Crippen LogP contribution in [0, 0.1) is 0 Å². The molecule has 1 heterocycles. The van der Waals surface area contributed by atoms with Gasteiger partial charge in [0.05, 0.1) is 19.1 Å². The molecule has 2 aromatic carbocycles. The number of hydrogen-bond donors (Lipinski definition) is 1. The lowest BCUT2D eigenvalue weighted by atomic mass is 10.0. The highest BCUT2D eigenvalue weighted by Gasteiger charge is 2.34. The second-order valence-electron chi connectivity index (χ2n) is 9.06. The summed E-state index contributed by atoms with van der Waals surface area (Å²) in [6.07, 6.45) is 10.7. The summed E-state index contributed by atoms with van der Waals surface area (Å²) in [6.45, 7) is 2.79. The molecular weight excluding hydrogens is 426 g/mol. The second-order valence-corrected chi connectivity index (χ2v) is 9.06. The first-order chi connectivity index (χ1) is 16.7. The molecule has 4 rings (SSSR count). The average molecular weight is 462 g/mol. The highest BCUT2D eigenvalue weighted by Crippen LogP contribution is 2.35. The van der Waals surface area contributed by atoms with Gasteiger partial charge < -0.3 is 19.2 Å². The monoisotopic (exact) mass is 461 g/mol. The Labute approximate surface area is 202 Å². The molecule has 34 heavy (non-hydrogen) atoms. The molecule has 1 fully saturated rings. The number of ether oxygens (including phenoxy) is 1. The number of hydrogen-bond acceptors (Lipinski definition) is 4. The maximum absolute atomic E-state index is 13.7. The van der Waals surface area contributed by atoms with Crippen LogP contribution in [-0.4, -0.2) is 28.6 Å². The fourth-order valence-corrected chi connectivity index (χ4v) is 4.73. The third kappa shape index (κ3) is 5.71. The smallest absolute Gasteiger partial charge is 0.256 e. The number of aliphatic hydroxyl groups excluding tert-OH is 1. The van der Waals surface area contributed by atoms with E-state index in [4.69, 9.17) is 9.15 Å². The first-order valence-corrected chi connectivity index (χ1v) is 12.5. The molecular formula is C29H35NO4. The number of benzene rings is 2. The Morgan fingerprint density at radius 1 is 1.03 bits per heavy atom. The molecule has 3 aromatic rings. The van der Waals surface area contributed by atoms with E-state index < -0.39 is 6.23 Å². The number of carbonyl (C=O) groups is 1. The lowest BCUT2D eigenvalue weighted by Gasteiger charge is -2.34. The first kappa shape index (κ1) is 24.1. The molecule has 0 aliphatic heterocycles. The fraction of sp³-hybridized carbons (Fsp3) is 0.414. The van der Waals surface area contributed by atoms with Gasteiger partial charge in [0.25, 0.3) is 5.91 Å². The van der Waals surface area contributed by atoms with Crippen molar-refractivity contribution in [3.8, 4) is 16.9 Å².